The van der Waals surface area contributed by atoms with Gasteiger partial charge in [0.15, 0.2) is 5.76 Å². The summed E-state index contributed by atoms with van der Waals surface area (Å²) in [5.41, 5.74) is 1.07. The summed E-state index contributed by atoms with van der Waals surface area (Å²) in [7, 11) is 0. The molecule has 0 saturated carbocycles. The van der Waals surface area contributed by atoms with Gasteiger partial charge in [-0.15, -0.1) is 0 Å². The van der Waals surface area contributed by atoms with Gasteiger partial charge in [0.05, 0.1) is 12.6 Å². The number of benzene rings is 1. The summed E-state index contributed by atoms with van der Waals surface area (Å²) in [6.45, 7) is 7.25. The number of nitrogens with one attached hydrogen (secondary N) is 1. The van der Waals surface area contributed by atoms with Crippen molar-refractivity contribution in [2.75, 3.05) is 52.4 Å². The number of furan rings is 1. The summed E-state index contributed by atoms with van der Waals surface area (Å²) < 4.78 is 5.45. The third kappa shape index (κ3) is 5.52. The molecule has 32 heavy (non-hydrogen) atoms. The standard InChI is InChI=1S/C24H31ClN4O3/c1-18-8-9-22(32-18)24(31)29-14-12-27(13-15-29)17-23(30)26-16-21(28-10-4-5-11-28)19-6-2-3-7-20(19)25/h2-3,6-9,21H,4-5,10-17H2,1H3,(H,26,30). The van der Waals surface area contributed by atoms with E-state index in [-0.39, 0.29) is 17.9 Å². The Hall–Kier alpha value is -2.35. The Morgan fingerprint density at radius 3 is 2.41 bits per heavy atom. The van der Waals surface area contributed by atoms with Crippen molar-refractivity contribution in [3.63, 3.8) is 0 Å². The third-order valence-electron chi connectivity index (χ3n) is 6.32. The maximum Gasteiger partial charge on any atom is 0.289 e. The molecule has 2 aliphatic heterocycles. The van der Waals surface area contributed by atoms with Crippen LogP contribution in [0.4, 0.5) is 0 Å². The van der Waals surface area contributed by atoms with Crippen molar-refractivity contribution in [3.8, 4) is 0 Å². The topological polar surface area (TPSA) is 69.0 Å². The van der Waals surface area contributed by atoms with Crippen LogP contribution in [0, 0.1) is 6.92 Å². The van der Waals surface area contributed by atoms with Crippen LogP contribution in [0.2, 0.25) is 5.02 Å². The lowest BCUT2D eigenvalue weighted by atomic mass is 10.1. The number of hydrogen-bond acceptors (Lipinski definition) is 5. The first-order valence-corrected chi connectivity index (χ1v) is 11.7. The van der Waals surface area contributed by atoms with E-state index in [4.69, 9.17) is 16.0 Å². The maximum atomic E-state index is 12.7. The van der Waals surface area contributed by atoms with Crippen molar-refractivity contribution in [3.05, 3.63) is 58.5 Å². The average Bonchev–Trinajstić information content (AvgIpc) is 3.47. The van der Waals surface area contributed by atoms with Gasteiger partial charge in [-0.05, 0) is 56.6 Å². The van der Waals surface area contributed by atoms with Crippen molar-refractivity contribution < 1.29 is 14.0 Å². The summed E-state index contributed by atoms with van der Waals surface area (Å²) in [6.07, 6.45) is 2.35. The molecule has 1 atom stereocenters. The largest absolute Gasteiger partial charge is 0.456 e. The van der Waals surface area contributed by atoms with Gasteiger partial charge < -0.3 is 14.6 Å². The predicted octanol–water partition coefficient (Wildman–Crippen LogP) is 2.95. The third-order valence-corrected chi connectivity index (χ3v) is 6.66. The zero-order chi connectivity index (χ0) is 22.5. The monoisotopic (exact) mass is 458 g/mol. The lowest BCUT2D eigenvalue weighted by molar-refractivity contribution is -0.122. The zero-order valence-corrected chi connectivity index (χ0v) is 19.3. The first kappa shape index (κ1) is 22.8. The second-order valence-corrected chi connectivity index (χ2v) is 8.97. The number of nitrogens with zero attached hydrogens (tertiary/aromatic N) is 3. The molecule has 1 unspecified atom stereocenters. The van der Waals surface area contributed by atoms with Crippen LogP contribution in [0.25, 0.3) is 0 Å². The molecular formula is C24H31ClN4O3. The van der Waals surface area contributed by atoms with Gasteiger partial charge >= 0.3 is 0 Å². The Morgan fingerprint density at radius 1 is 1.03 bits per heavy atom. The van der Waals surface area contributed by atoms with E-state index >= 15 is 0 Å². The van der Waals surface area contributed by atoms with E-state index in [0.717, 1.165) is 29.4 Å². The number of piperazine rings is 1. The summed E-state index contributed by atoms with van der Waals surface area (Å²) in [5.74, 6) is 1.02. The van der Waals surface area contributed by atoms with E-state index in [9.17, 15) is 9.59 Å². The fourth-order valence-corrected chi connectivity index (χ4v) is 4.78. The van der Waals surface area contributed by atoms with Gasteiger partial charge in [0, 0.05) is 37.7 Å². The van der Waals surface area contributed by atoms with Gasteiger partial charge in [-0.3, -0.25) is 19.4 Å². The predicted molar refractivity (Wildman–Crippen MR) is 124 cm³/mol. The number of rotatable bonds is 7. The number of hydrogen-bond donors (Lipinski definition) is 1. The van der Waals surface area contributed by atoms with Gasteiger partial charge in [0.1, 0.15) is 5.76 Å². The summed E-state index contributed by atoms with van der Waals surface area (Å²) in [5, 5.41) is 3.86. The summed E-state index contributed by atoms with van der Waals surface area (Å²) >= 11 is 6.47. The lowest BCUT2D eigenvalue weighted by Crippen LogP contribution is -2.51. The SMILES string of the molecule is Cc1ccc(C(=O)N2CCN(CC(=O)NCC(c3ccccc3Cl)N3CCCC3)CC2)o1. The highest BCUT2D eigenvalue weighted by Gasteiger charge is 2.27. The smallest absolute Gasteiger partial charge is 0.289 e. The second kappa shape index (κ2) is 10.5. The molecule has 0 bridgehead atoms. The second-order valence-electron chi connectivity index (χ2n) is 8.56. The van der Waals surface area contributed by atoms with Crippen molar-refractivity contribution in [2.24, 2.45) is 0 Å². The molecule has 0 spiro atoms. The molecule has 3 heterocycles. The Bertz CT molecular complexity index is 933. The fourth-order valence-electron chi connectivity index (χ4n) is 4.52. The minimum atomic E-state index is -0.0876. The van der Waals surface area contributed by atoms with E-state index in [1.165, 1.54) is 12.8 Å². The van der Waals surface area contributed by atoms with Crippen molar-refractivity contribution in [2.45, 2.75) is 25.8 Å². The molecule has 2 aromatic rings. The minimum Gasteiger partial charge on any atom is -0.456 e. The molecule has 2 fully saturated rings. The van der Waals surface area contributed by atoms with Crippen LogP contribution < -0.4 is 5.32 Å². The molecule has 0 radical (unpaired) electrons. The van der Waals surface area contributed by atoms with Crippen LogP contribution in [-0.2, 0) is 4.79 Å². The number of likely N-dealkylation sites (tertiary alicyclic amines) is 1. The normalized spacial score (nSPS) is 18.6. The van der Waals surface area contributed by atoms with Crippen molar-refractivity contribution in [1.82, 2.24) is 20.0 Å². The van der Waals surface area contributed by atoms with Gasteiger partial charge in [-0.1, -0.05) is 29.8 Å². The Labute approximate surface area is 194 Å². The minimum absolute atomic E-state index is 0.00249. The number of aryl methyl sites for hydroxylation is 1. The molecule has 2 amide bonds. The highest BCUT2D eigenvalue weighted by Crippen LogP contribution is 2.29. The van der Waals surface area contributed by atoms with Crippen molar-refractivity contribution in [1.29, 1.82) is 0 Å². The first-order chi connectivity index (χ1) is 15.5. The molecule has 4 rings (SSSR count). The van der Waals surface area contributed by atoms with Crippen LogP contribution in [-0.4, -0.2) is 78.9 Å². The van der Waals surface area contributed by atoms with E-state index < -0.39 is 0 Å². The lowest BCUT2D eigenvalue weighted by Gasteiger charge is -2.34. The first-order valence-electron chi connectivity index (χ1n) is 11.3. The quantitative estimate of drug-likeness (QED) is 0.690. The van der Waals surface area contributed by atoms with E-state index in [0.29, 0.717) is 45.0 Å². The molecule has 1 N–H and O–H groups in total. The highest BCUT2D eigenvalue weighted by molar-refractivity contribution is 6.31. The van der Waals surface area contributed by atoms with Crippen molar-refractivity contribution >= 4 is 23.4 Å². The number of amides is 2. The van der Waals surface area contributed by atoms with E-state index in [1.807, 2.05) is 31.2 Å². The Balaban J connectivity index is 1.27. The molecule has 1 aromatic carbocycles. The van der Waals surface area contributed by atoms with Gasteiger partial charge in [0.25, 0.3) is 5.91 Å². The Morgan fingerprint density at radius 2 is 1.75 bits per heavy atom. The fraction of sp³-hybridized carbons (Fsp3) is 0.500. The van der Waals surface area contributed by atoms with Crippen LogP contribution >= 0.6 is 11.6 Å². The average molecular weight is 459 g/mol. The Kier molecular flexibility index (Phi) is 7.50. The van der Waals surface area contributed by atoms with Gasteiger partial charge in [-0.2, -0.15) is 0 Å². The molecule has 2 saturated heterocycles. The molecule has 0 aliphatic carbocycles. The molecule has 7 nitrogen and oxygen atoms in total. The molecular weight excluding hydrogens is 428 g/mol. The number of carbonyl (C=O) groups is 2. The number of halogens is 1. The molecule has 172 valence electrons. The van der Waals surface area contributed by atoms with Crippen LogP contribution in [0.5, 0.6) is 0 Å². The molecule has 2 aliphatic rings. The molecule has 8 heteroatoms. The molecule has 1 aromatic heterocycles. The maximum absolute atomic E-state index is 12.7. The summed E-state index contributed by atoms with van der Waals surface area (Å²) in [6, 6.07) is 11.5. The highest BCUT2D eigenvalue weighted by atomic mass is 35.5. The zero-order valence-electron chi connectivity index (χ0n) is 18.6. The van der Waals surface area contributed by atoms with Crippen LogP contribution in [0.3, 0.4) is 0 Å². The van der Waals surface area contributed by atoms with Crippen LogP contribution in [0.1, 0.15) is 40.8 Å². The van der Waals surface area contributed by atoms with E-state index in [2.05, 4.69) is 15.1 Å². The number of carbonyl (C=O) groups excluding carboxylic acids is 2. The summed E-state index contributed by atoms with van der Waals surface area (Å²) in [4.78, 5) is 31.5. The van der Waals surface area contributed by atoms with E-state index in [1.54, 1.807) is 17.0 Å². The van der Waals surface area contributed by atoms with Gasteiger partial charge in [0.2, 0.25) is 5.91 Å². The van der Waals surface area contributed by atoms with Gasteiger partial charge in [-0.25, -0.2) is 0 Å². The van der Waals surface area contributed by atoms with Crippen LogP contribution in [0.15, 0.2) is 40.8 Å².